The Morgan fingerprint density at radius 3 is 2.68 bits per heavy atom. The van der Waals surface area contributed by atoms with Gasteiger partial charge in [0.05, 0.1) is 5.57 Å². The van der Waals surface area contributed by atoms with E-state index in [1.54, 1.807) is 12.1 Å². The van der Waals surface area contributed by atoms with Gasteiger partial charge in [-0.3, -0.25) is 10.2 Å². The maximum Gasteiger partial charge on any atom is 0.283 e. The average Bonchev–Trinajstić information content (AvgIpc) is 3.35. The molecule has 1 amide bonds. The number of hydrazone groups is 1. The van der Waals surface area contributed by atoms with Crippen LogP contribution in [-0.4, -0.2) is 38.1 Å². The van der Waals surface area contributed by atoms with Crippen molar-refractivity contribution >= 4 is 39.8 Å². The zero-order chi connectivity index (χ0) is 23.8. The molecular weight excluding hydrogens is 453 g/mol. The fourth-order valence-electron chi connectivity index (χ4n) is 3.85. The van der Waals surface area contributed by atoms with E-state index >= 15 is 0 Å². The second-order valence-corrected chi connectivity index (χ2v) is 8.80. The van der Waals surface area contributed by atoms with Gasteiger partial charge in [-0.2, -0.15) is 15.1 Å². The van der Waals surface area contributed by atoms with Crippen LogP contribution in [0.2, 0.25) is 0 Å². The van der Waals surface area contributed by atoms with Crippen molar-refractivity contribution in [3.05, 3.63) is 89.0 Å². The summed E-state index contributed by atoms with van der Waals surface area (Å²) in [7, 11) is 0. The third-order valence-electron chi connectivity index (χ3n) is 5.44. The van der Waals surface area contributed by atoms with E-state index in [-0.39, 0.29) is 23.8 Å². The number of ether oxygens (including phenoxy) is 1. The monoisotopic (exact) mass is 473 g/mol. The Morgan fingerprint density at radius 1 is 1.12 bits per heavy atom. The fraction of sp³-hybridized carbons (Fsp3) is 0.120. The molecule has 0 bridgehead atoms. The normalized spacial score (nSPS) is 16.6. The quantitative estimate of drug-likeness (QED) is 0.533. The van der Waals surface area contributed by atoms with E-state index in [2.05, 4.69) is 10.1 Å². The number of thioether (sulfide) groups is 1. The molecule has 1 aromatic heterocycles. The minimum absolute atomic E-state index is 0.0484. The zero-order valence-electron chi connectivity index (χ0n) is 18.4. The number of fused-ring (bicyclic) bond motifs is 1. The highest BCUT2D eigenvalue weighted by molar-refractivity contribution is 8.27. The van der Waals surface area contributed by atoms with Gasteiger partial charge in [0.25, 0.3) is 5.91 Å². The lowest BCUT2D eigenvalue weighted by Gasteiger charge is -2.20. The molecule has 5 rings (SSSR count). The first kappa shape index (κ1) is 21.8. The van der Waals surface area contributed by atoms with E-state index in [9.17, 15) is 9.18 Å². The number of aliphatic imine (C=N–C) groups is 1. The molecule has 0 unspecified atom stereocenters. The summed E-state index contributed by atoms with van der Waals surface area (Å²) in [6.07, 6.45) is 1.64. The second-order valence-electron chi connectivity index (χ2n) is 7.76. The van der Waals surface area contributed by atoms with Crippen LogP contribution in [0.25, 0.3) is 11.8 Å². The van der Waals surface area contributed by atoms with Crippen LogP contribution >= 0.6 is 11.8 Å². The number of carbonyl (C=O) groups excluding carboxylic acids is 1. The summed E-state index contributed by atoms with van der Waals surface area (Å²) in [6.45, 7) is 4.00. The molecule has 0 aliphatic carbocycles. The lowest BCUT2D eigenvalue weighted by atomic mass is 10.1. The summed E-state index contributed by atoms with van der Waals surface area (Å²) in [5, 5.41) is 15.3. The van der Waals surface area contributed by atoms with Gasteiger partial charge >= 0.3 is 0 Å². The van der Waals surface area contributed by atoms with E-state index in [0.717, 1.165) is 17.0 Å². The predicted molar refractivity (Wildman–Crippen MR) is 132 cm³/mol. The number of aryl methyl sites for hydroxylation is 1. The Hall–Kier alpha value is -3.98. The molecule has 0 fully saturated rings. The molecule has 1 N–H and O–H groups in total. The summed E-state index contributed by atoms with van der Waals surface area (Å²) >= 11 is 1.21. The number of benzene rings is 2. The Labute approximate surface area is 199 Å². The van der Waals surface area contributed by atoms with Crippen LogP contribution in [-0.2, 0) is 4.79 Å². The van der Waals surface area contributed by atoms with Crippen LogP contribution in [0.3, 0.4) is 0 Å². The number of nitrogens with one attached hydrogen (secondary N) is 1. The van der Waals surface area contributed by atoms with E-state index < -0.39 is 5.91 Å². The highest BCUT2D eigenvalue weighted by atomic mass is 32.2. The summed E-state index contributed by atoms with van der Waals surface area (Å²) in [6, 6.07) is 17.6. The van der Waals surface area contributed by atoms with Gasteiger partial charge in [-0.05, 0) is 73.6 Å². The first-order valence-corrected chi connectivity index (χ1v) is 11.3. The summed E-state index contributed by atoms with van der Waals surface area (Å²) < 4.78 is 21.4. The molecule has 34 heavy (non-hydrogen) atoms. The van der Waals surface area contributed by atoms with Gasteiger partial charge < -0.3 is 9.30 Å². The van der Waals surface area contributed by atoms with E-state index in [0.29, 0.717) is 21.6 Å². The molecule has 2 aliphatic heterocycles. The van der Waals surface area contributed by atoms with Crippen LogP contribution < -0.4 is 4.74 Å². The van der Waals surface area contributed by atoms with E-state index in [1.165, 1.54) is 28.9 Å². The molecule has 7 nitrogen and oxygen atoms in total. The van der Waals surface area contributed by atoms with Crippen LogP contribution in [0.15, 0.2) is 76.3 Å². The number of amidine groups is 2. The average molecular weight is 474 g/mol. The topological polar surface area (TPSA) is 83.0 Å². The van der Waals surface area contributed by atoms with Gasteiger partial charge in [0.15, 0.2) is 5.84 Å². The number of nitrogens with zero attached hydrogens (tertiary/aromatic N) is 4. The third-order valence-corrected chi connectivity index (χ3v) is 6.32. The molecule has 0 spiro atoms. The summed E-state index contributed by atoms with van der Waals surface area (Å²) in [5.41, 5.74) is 3.27. The van der Waals surface area contributed by atoms with Crippen molar-refractivity contribution in [2.24, 2.45) is 10.1 Å². The first-order valence-electron chi connectivity index (χ1n) is 10.5. The van der Waals surface area contributed by atoms with E-state index in [4.69, 9.17) is 10.1 Å². The molecule has 170 valence electrons. The minimum Gasteiger partial charge on any atom is -0.487 e. The van der Waals surface area contributed by atoms with Gasteiger partial charge in [-0.1, -0.05) is 24.3 Å². The molecule has 2 aliphatic rings. The molecule has 3 aromatic rings. The minimum atomic E-state index is -0.500. The van der Waals surface area contributed by atoms with Crippen LogP contribution in [0, 0.1) is 25.1 Å². The molecule has 2 aromatic carbocycles. The Morgan fingerprint density at radius 2 is 1.91 bits per heavy atom. The lowest BCUT2D eigenvalue weighted by Crippen LogP contribution is -2.35. The Balaban J connectivity index is 1.41. The second kappa shape index (κ2) is 8.75. The number of aromatic nitrogens is 1. The summed E-state index contributed by atoms with van der Waals surface area (Å²) in [5.74, 6) is -0.169. The standard InChI is InChI=1S/C25H20FN5O2S/c1-15-11-17(16(2)30(15)19-8-6-7-18(26)13-19)12-21-23(27)31-25(28-24(21)32)34-22(29-31)14-33-20-9-4-3-5-10-20/h3-13,27H,14H2,1-2H3. The number of hydrogen-bond acceptors (Lipinski definition) is 5. The van der Waals surface area contributed by atoms with E-state index in [1.807, 2.05) is 60.9 Å². The molecule has 0 radical (unpaired) electrons. The highest BCUT2D eigenvalue weighted by Gasteiger charge is 2.36. The number of hydrogen-bond donors (Lipinski definition) is 1. The van der Waals surface area contributed by atoms with Gasteiger partial charge in [-0.15, -0.1) is 0 Å². The van der Waals surface area contributed by atoms with Crippen LogP contribution in [0.5, 0.6) is 5.75 Å². The molecule has 0 saturated carbocycles. The van der Waals surface area contributed by atoms with Crippen molar-refractivity contribution in [3.8, 4) is 11.4 Å². The predicted octanol–water partition coefficient (Wildman–Crippen LogP) is 4.93. The molecular formula is C25H20FN5O2S. The number of halogens is 1. The number of amides is 1. The fourth-order valence-corrected chi connectivity index (χ4v) is 4.65. The van der Waals surface area contributed by atoms with Crippen molar-refractivity contribution in [1.82, 2.24) is 9.58 Å². The Kier molecular flexibility index (Phi) is 5.62. The maximum absolute atomic E-state index is 13.8. The van der Waals surface area contributed by atoms with Crippen LogP contribution in [0.1, 0.15) is 17.0 Å². The highest BCUT2D eigenvalue weighted by Crippen LogP contribution is 2.30. The van der Waals surface area contributed by atoms with Crippen molar-refractivity contribution in [2.45, 2.75) is 13.8 Å². The third kappa shape index (κ3) is 4.06. The van der Waals surface area contributed by atoms with Gasteiger partial charge in [0.2, 0.25) is 5.17 Å². The largest absolute Gasteiger partial charge is 0.487 e. The lowest BCUT2D eigenvalue weighted by molar-refractivity contribution is -0.114. The van der Waals surface area contributed by atoms with Gasteiger partial charge in [0.1, 0.15) is 23.2 Å². The Bertz CT molecular complexity index is 1410. The van der Waals surface area contributed by atoms with Crippen molar-refractivity contribution < 1.29 is 13.9 Å². The van der Waals surface area contributed by atoms with Crippen molar-refractivity contribution in [1.29, 1.82) is 5.41 Å². The first-order chi connectivity index (χ1) is 16.4. The maximum atomic E-state index is 13.8. The molecule has 9 heteroatoms. The molecule has 3 heterocycles. The number of rotatable bonds is 5. The molecule has 0 saturated heterocycles. The van der Waals surface area contributed by atoms with Crippen molar-refractivity contribution in [3.63, 3.8) is 0 Å². The van der Waals surface area contributed by atoms with Gasteiger partial charge in [-0.25, -0.2) is 4.39 Å². The smallest absolute Gasteiger partial charge is 0.283 e. The summed E-state index contributed by atoms with van der Waals surface area (Å²) in [4.78, 5) is 16.9. The number of carbonyl (C=O) groups is 1. The van der Waals surface area contributed by atoms with Gasteiger partial charge in [0, 0.05) is 17.1 Å². The number of para-hydroxylation sites is 1. The zero-order valence-corrected chi connectivity index (χ0v) is 19.3. The molecule has 0 atom stereocenters. The van der Waals surface area contributed by atoms with Crippen LogP contribution in [0.4, 0.5) is 4.39 Å². The van der Waals surface area contributed by atoms with Crippen molar-refractivity contribution in [2.75, 3.05) is 6.61 Å². The SMILES string of the molecule is Cc1cc(C=C2C(=N)N3N=C(COc4ccccc4)SC3=NC2=O)c(C)n1-c1cccc(F)c1.